The highest BCUT2D eigenvalue weighted by Gasteiger charge is 2.34. The quantitative estimate of drug-likeness (QED) is 0.713. The second-order valence-corrected chi connectivity index (χ2v) is 10.4. The summed E-state index contributed by atoms with van der Waals surface area (Å²) >= 11 is 0. The fourth-order valence-corrected chi connectivity index (χ4v) is 6.86. The van der Waals surface area contributed by atoms with Crippen molar-refractivity contribution < 1.29 is 5.11 Å². The second kappa shape index (κ2) is 6.94. The second-order valence-electron chi connectivity index (χ2n) is 6.19. The van der Waals surface area contributed by atoms with Gasteiger partial charge in [0.15, 0.2) is 0 Å². The van der Waals surface area contributed by atoms with Gasteiger partial charge in [0, 0.05) is 0 Å². The number of benzene rings is 3. The van der Waals surface area contributed by atoms with Crippen LogP contribution >= 0.6 is 0 Å². The molecule has 0 aliphatic heterocycles. The van der Waals surface area contributed by atoms with Crippen LogP contribution in [-0.4, -0.2) is 13.2 Å². The van der Waals surface area contributed by atoms with Gasteiger partial charge in [-0.25, -0.2) is 0 Å². The van der Waals surface area contributed by atoms with E-state index in [4.69, 9.17) is 0 Å². The van der Waals surface area contributed by atoms with Gasteiger partial charge in [0.2, 0.25) is 0 Å². The maximum Gasteiger partial charge on any atom is 0.118 e. The molecule has 3 aromatic rings. The molecule has 0 spiro atoms. The van der Waals surface area contributed by atoms with E-state index in [0.29, 0.717) is 0 Å². The molecule has 0 aromatic heterocycles. The Hall–Kier alpha value is -2.16. The van der Waals surface area contributed by atoms with Crippen molar-refractivity contribution >= 4 is 18.4 Å². The van der Waals surface area contributed by atoms with Crippen molar-refractivity contribution in [3.63, 3.8) is 0 Å². The Bertz CT molecular complexity index is 686. The van der Waals surface area contributed by atoms with Crippen LogP contribution in [0.1, 0.15) is 11.7 Å². The third kappa shape index (κ3) is 3.44. The van der Waals surface area contributed by atoms with E-state index in [0.717, 1.165) is 11.6 Å². The van der Waals surface area contributed by atoms with Gasteiger partial charge in [0.1, 0.15) is 8.07 Å². The van der Waals surface area contributed by atoms with Crippen molar-refractivity contribution in [2.24, 2.45) is 0 Å². The molecule has 0 heterocycles. The summed E-state index contributed by atoms with van der Waals surface area (Å²) in [5, 5.41) is 13.5. The first-order chi connectivity index (χ1) is 11.2. The SMILES string of the molecule is C[Si](C[C@H](O)c1ccccc1)(c1ccccc1)c1ccccc1. The molecule has 2 heteroatoms. The number of aliphatic hydroxyl groups excluding tert-OH is 1. The molecule has 1 N–H and O–H groups in total. The Balaban J connectivity index is 2.00. The third-order valence-corrected chi connectivity index (χ3v) is 9.03. The molecule has 0 saturated carbocycles. The van der Waals surface area contributed by atoms with E-state index >= 15 is 0 Å². The molecule has 0 saturated heterocycles. The molecule has 116 valence electrons. The van der Waals surface area contributed by atoms with Gasteiger partial charge in [-0.1, -0.05) is 108 Å². The highest BCUT2D eigenvalue weighted by atomic mass is 28.3. The summed E-state index contributed by atoms with van der Waals surface area (Å²) in [5.74, 6) is 0. The van der Waals surface area contributed by atoms with Gasteiger partial charge in [-0.15, -0.1) is 0 Å². The summed E-state index contributed by atoms with van der Waals surface area (Å²) in [6, 6.07) is 32.1. The third-order valence-electron chi connectivity index (χ3n) is 4.61. The van der Waals surface area contributed by atoms with Gasteiger partial charge in [0.05, 0.1) is 6.10 Å². The zero-order valence-electron chi connectivity index (χ0n) is 13.4. The van der Waals surface area contributed by atoms with Crippen LogP contribution in [0.2, 0.25) is 12.6 Å². The summed E-state index contributed by atoms with van der Waals surface area (Å²) in [6.07, 6.45) is -0.437. The Labute approximate surface area is 139 Å². The summed E-state index contributed by atoms with van der Waals surface area (Å²) in [5.41, 5.74) is 0.998. The van der Waals surface area contributed by atoms with Crippen LogP contribution in [-0.2, 0) is 0 Å². The normalized spacial score (nSPS) is 12.8. The Morgan fingerprint density at radius 2 is 1.09 bits per heavy atom. The van der Waals surface area contributed by atoms with Crippen molar-refractivity contribution in [2.45, 2.75) is 18.7 Å². The molecule has 3 aromatic carbocycles. The zero-order chi connectivity index (χ0) is 16.1. The molecule has 0 unspecified atom stereocenters. The van der Waals surface area contributed by atoms with Crippen molar-refractivity contribution in [1.82, 2.24) is 0 Å². The number of hydrogen-bond acceptors (Lipinski definition) is 1. The first kappa shape index (κ1) is 15.7. The lowest BCUT2D eigenvalue weighted by molar-refractivity contribution is 0.198. The molecule has 0 amide bonds. The van der Waals surface area contributed by atoms with Crippen LogP contribution in [0.5, 0.6) is 0 Å². The molecule has 0 fully saturated rings. The van der Waals surface area contributed by atoms with Crippen molar-refractivity contribution in [3.05, 3.63) is 96.6 Å². The average molecular weight is 318 g/mol. The monoisotopic (exact) mass is 318 g/mol. The molecular weight excluding hydrogens is 296 g/mol. The van der Waals surface area contributed by atoms with Crippen LogP contribution in [0.3, 0.4) is 0 Å². The molecule has 1 nitrogen and oxygen atoms in total. The molecule has 1 atom stereocenters. The van der Waals surface area contributed by atoms with E-state index in [1.807, 2.05) is 30.3 Å². The number of rotatable bonds is 5. The summed E-state index contributed by atoms with van der Waals surface area (Å²) in [4.78, 5) is 0. The van der Waals surface area contributed by atoms with Crippen molar-refractivity contribution in [1.29, 1.82) is 0 Å². The average Bonchev–Trinajstić information content (AvgIpc) is 2.64. The van der Waals surface area contributed by atoms with Gasteiger partial charge in [-0.3, -0.25) is 0 Å². The van der Waals surface area contributed by atoms with Crippen molar-refractivity contribution in [3.8, 4) is 0 Å². The lowest BCUT2D eigenvalue weighted by atomic mass is 10.1. The van der Waals surface area contributed by atoms with Crippen LogP contribution in [0.4, 0.5) is 0 Å². The van der Waals surface area contributed by atoms with Gasteiger partial charge >= 0.3 is 0 Å². The van der Waals surface area contributed by atoms with E-state index < -0.39 is 14.2 Å². The first-order valence-corrected chi connectivity index (χ1v) is 10.7. The largest absolute Gasteiger partial charge is 0.389 e. The molecule has 3 rings (SSSR count). The summed E-state index contributed by atoms with van der Waals surface area (Å²) in [6.45, 7) is 2.35. The Morgan fingerprint density at radius 1 is 0.696 bits per heavy atom. The maximum atomic E-state index is 10.8. The number of aliphatic hydroxyl groups is 1. The first-order valence-electron chi connectivity index (χ1n) is 8.04. The maximum absolute atomic E-state index is 10.8. The molecule has 0 bridgehead atoms. The number of hydrogen-bond donors (Lipinski definition) is 1. The van der Waals surface area contributed by atoms with Gasteiger partial charge in [0.25, 0.3) is 0 Å². The lowest BCUT2D eigenvalue weighted by Gasteiger charge is -2.31. The molecule has 0 aliphatic rings. The minimum absolute atomic E-state index is 0.437. The zero-order valence-corrected chi connectivity index (χ0v) is 14.4. The smallest absolute Gasteiger partial charge is 0.118 e. The minimum Gasteiger partial charge on any atom is -0.389 e. The Kier molecular flexibility index (Phi) is 4.75. The standard InChI is InChI=1S/C21H22OSi/c1-23(19-13-7-3-8-14-19,20-15-9-4-10-16-20)17-21(22)18-11-5-2-6-12-18/h2-16,21-22H,17H2,1H3/t21-/m0/s1. The summed E-state index contributed by atoms with van der Waals surface area (Å²) in [7, 11) is -2.00. The van der Waals surface area contributed by atoms with Crippen LogP contribution < -0.4 is 10.4 Å². The van der Waals surface area contributed by atoms with Crippen LogP contribution in [0, 0.1) is 0 Å². The topological polar surface area (TPSA) is 20.2 Å². The van der Waals surface area contributed by atoms with E-state index in [1.165, 1.54) is 10.4 Å². The van der Waals surface area contributed by atoms with Crippen LogP contribution in [0.25, 0.3) is 0 Å². The Morgan fingerprint density at radius 3 is 1.52 bits per heavy atom. The minimum atomic E-state index is -2.00. The lowest BCUT2D eigenvalue weighted by Crippen LogP contribution is -2.56. The molecular formula is C21H22OSi. The van der Waals surface area contributed by atoms with Gasteiger partial charge in [-0.2, -0.15) is 0 Å². The van der Waals surface area contributed by atoms with E-state index in [-0.39, 0.29) is 0 Å². The predicted octanol–water partition coefficient (Wildman–Crippen LogP) is 3.61. The molecule has 0 radical (unpaired) electrons. The highest BCUT2D eigenvalue weighted by molar-refractivity contribution is 7.01. The molecule has 0 aliphatic carbocycles. The molecule has 23 heavy (non-hydrogen) atoms. The van der Waals surface area contributed by atoms with Crippen LogP contribution in [0.15, 0.2) is 91.0 Å². The summed E-state index contributed by atoms with van der Waals surface area (Å²) < 4.78 is 0. The van der Waals surface area contributed by atoms with E-state index in [1.54, 1.807) is 0 Å². The highest BCUT2D eigenvalue weighted by Crippen LogP contribution is 2.24. The fourth-order valence-electron chi connectivity index (χ4n) is 3.19. The van der Waals surface area contributed by atoms with E-state index in [2.05, 4.69) is 67.2 Å². The fraction of sp³-hybridized carbons (Fsp3) is 0.143. The van der Waals surface area contributed by atoms with Crippen molar-refractivity contribution in [2.75, 3.05) is 0 Å². The predicted molar refractivity (Wildman–Crippen MR) is 100.0 cm³/mol. The van der Waals surface area contributed by atoms with Gasteiger partial charge < -0.3 is 5.11 Å². The van der Waals surface area contributed by atoms with E-state index in [9.17, 15) is 5.11 Å². The van der Waals surface area contributed by atoms with Gasteiger partial charge in [-0.05, 0) is 11.6 Å².